The van der Waals surface area contributed by atoms with Gasteiger partial charge in [0.15, 0.2) is 0 Å². The second kappa shape index (κ2) is 6.40. The van der Waals surface area contributed by atoms with Gasteiger partial charge in [-0.3, -0.25) is 4.79 Å². The van der Waals surface area contributed by atoms with Gasteiger partial charge in [0.1, 0.15) is 5.54 Å². The molecule has 1 aromatic rings. The van der Waals surface area contributed by atoms with Crippen molar-refractivity contribution in [1.29, 1.82) is 5.26 Å². The molecule has 0 unspecified atom stereocenters. The molecule has 1 saturated carbocycles. The first-order chi connectivity index (χ1) is 10.1. The number of rotatable bonds is 3. The summed E-state index contributed by atoms with van der Waals surface area (Å²) in [6, 6.07) is 8.34. The van der Waals surface area contributed by atoms with Gasteiger partial charge in [0, 0.05) is 5.56 Å². The Labute approximate surface area is 123 Å². The standard InChI is InChI=1S/C16H18N2O3/c1-21-15(20)16(9-3-2-4-10-16)18-14(19)13-7-5-12(11-17)6-8-13/h5-8H,2-4,9-10H2,1H3,(H,18,19). The molecule has 2 rings (SSSR count). The Hall–Kier alpha value is -2.35. The van der Waals surface area contributed by atoms with Crippen LogP contribution in [0, 0.1) is 11.3 Å². The number of esters is 1. The maximum Gasteiger partial charge on any atom is 0.331 e. The van der Waals surface area contributed by atoms with E-state index in [1.54, 1.807) is 24.3 Å². The normalized spacial score (nSPS) is 16.6. The van der Waals surface area contributed by atoms with Gasteiger partial charge in [-0.2, -0.15) is 5.26 Å². The Morgan fingerprint density at radius 1 is 1.19 bits per heavy atom. The third-order valence-corrected chi connectivity index (χ3v) is 3.91. The van der Waals surface area contributed by atoms with E-state index in [9.17, 15) is 9.59 Å². The molecular formula is C16H18N2O3. The smallest absolute Gasteiger partial charge is 0.331 e. The fraction of sp³-hybridized carbons (Fsp3) is 0.438. The minimum Gasteiger partial charge on any atom is -0.467 e. The summed E-state index contributed by atoms with van der Waals surface area (Å²) in [5.41, 5.74) is 0.00703. The van der Waals surface area contributed by atoms with Gasteiger partial charge in [-0.05, 0) is 37.1 Å². The third kappa shape index (κ3) is 3.22. The number of ether oxygens (including phenoxy) is 1. The second-order valence-corrected chi connectivity index (χ2v) is 5.28. The summed E-state index contributed by atoms with van der Waals surface area (Å²) in [7, 11) is 1.34. The van der Waals surface area contributed by atoms with Crippen LogP contribution < -0.4 is 5.32 Å². The van der Waals surface area contributed by atoms with Crippen molar-refractivity contribution >= 4 is 11.9 Å². The minimum atomic E-state index is -0.919. The Bertz CT molecular complexity index is 566. The van der Waals surface area contributed by atoms with Crippen LogP contribution in [0.15, 0.2) is 24.3 Å². The lowest BCUT2D eigenvalue weighted by molar-refractivity contribution is -0.149. The summed E-state index contributed by atoms with van der Waals surface area (Å²) in [5.74, 6) is -0.698. The van der Waals surface area contributed by atoms with Crippen molar-refractivity contribution in [3.05, 3.63) is 35.4 Å². The number of hydrogen-bond acceptors (Lipinski definition) is 4. The molecule has 1 aliphatic carbocycles. The summed E-state index contributed by atoms with van der Waals surface area (Å²) in [6.45, 7) is 0. The lowest BCUT2D eigenvalue weighted by Gasteiger charge is -2.35. The molecule has 1 aromatic carbocycles. The number of benzene rings is 1. The Kier molecular flexibility index (Phi) is 4.59. The maximum atomic E-state index is 12.3. The highest BCUT2D eigenvalue weighted by atomic mass is 16.5. The van der Waals surface area contributed by atoms with Crippen molar-refractivity contribution in [2.24, 2.45) is 0 Å². The number of nitrogens with zero attached hydrogens (tertiary/aromatic N) is 1. The number of nitriles is 1. The highest BCUT2D eigenvalue weighted by Gasteiger charge is 2.42. The molecule has 0 bridgehead atoms. The first kappa shape index (κ1) is 15.0. The molecule has 0 atom stereocenters. The van der Waals surface area contributed by atoms with E-state index in [1.807, 2.05) is 6.07 Å². The maximum absolute atomic E-state index is 12.3. The molecule has 5 heteroatoms. The number of methoxy groups -OCH3 is 1. The summed E-state index contributed by atoms with van der Waals surface area (Å²) in [6.07, 6.45) is 4.04. The summed E-state index contributed by atoms with van der Waals surface area (Å²) in [4.78, 5) is 24.4. The zero-order valence-corrected chi connectivity index (χ0v) is 12.0. The molecule has 0 spiro atoms. The third-order valence-electron chi connectivity index (χ3n) is 3.91. The summed E-state index contributed by atoms with van der Waals surface area (Å²) in [5, 5.41) is 11.6. The summed E-state index contributed by atoms with van der Waals surface area (Å²) < 4.78 is 4.87. The van der Waals surface area contributed by atoms with Crippen LogP contribution in [0.3, 0.4) is 0 Å². The zero-order valence-electron chi connectivity index (χ0n) is 12.0. The van der Waals surface area contributed by atoms with Gasteiger partial charge < -0.3 is 10.1 Å². The van der Waals surface area contributed by atoms with Crippen LogP contribution in [-0.2, 0) is 9.53 Å². The molecule has 110 valence electrons. The van der Waals surface area contributed by atoms with Crippen LogP contribution in [0.5, 0.6) is 0 Å². The van der Waals surface area contributed by atoms with Crippen molar-refractivity contribution in [1.82, 2.24) is 5.32 Å². The monoisotopic (exact) mass is 286 g/mol. The lowest BCUT2D eigenvalue weighted by atomic mass is 9.81. The molecule has 21 heavy (non-hydrogen) atoms. The minimum absolute atomic E-state index is 0.313. The van der Waals surface area contributed by atoms with Crippen molar-refractivity contribution < 1.29 is 14.3 Å². The number of nitrogens with one attached hydrogen (secondary N) is 1. The van der Waals surface area contributed by atoms with Gasteiger partial charge >= 0.3 is 5.97 Å². The lowest BCUT2D eigenvalue weighted by Crippen LogP contribution is -2.56. The molecule has 5 nitrogen and oxygen atoms in total. The summed E-state index contributed by atoms with van der Waals surface area (Å²) >= 11 is 0. The van der Waals surface area contributed by atoms with E-state index in [-0.39, 0.29) is 11.9 Å². The molecule has 1 fully saturated rings. The van der Waals surface area contributed by atoms with E-state index in [2.05, 4.69) is 5.32 Å². The number of hydrogen-bond donors (Lipinski definition) is 1. The average Bonchev–Trinajstić information content (AvgIpc) is 2.55. The van der Waals surface area contributed by atoms with E-state index >= 15 is 0 Å². The average molecular weight is 286 g/mol. The number of carbonyl (C=O) groups is 2. The molecule has 1 amide bonds. The first-order valence-corrected chi connectivity index (χ1v) is 7.02. The van der Waals surface area contributed by atoms with Crippen molar-refractivity contribution in [2.75, 3.05) is 7.11 Å². The zero-order chi connectivity index (χ0) is 15.3. The van der Waals surface area contributed by atoms with Crippen LogP contribution >= 0.6 is 0 Å². The molecule has 0 aliphatic heterocycles. The molecule has 0 saturated heterocycles. The fourth-order valence-corrected chi connectivity index (χ4v) is 2.72. The van der Waals surface area contributed by atoms with E-state index in [4.69, 9.17) is 10.00 Å². The largest absolute Gasteiger partial charge is 0.467 e. The molecule has 0 heterocycles. The van der Waals surface area contributed by atoms with Crippen LogP contribution in [0.2, 0.25) is 0 Å². The molecule has 1 aliphatic rings. The van der Waals surface area contributed by atoms with Crippen LogP contribution in [0.1, 0.15) is 48.0 Å². The SMILES string of the molecule is COC(=O)C1(NC(=O)c2ccc(C#N)cc2)CCCCC1. The predicted octanol–water partition coefficient (Wildman–Crippen LogP) is 2.16. The van der Waals surface area contributed by atoms with Gasteiger partial charge in [-0.15, -0.1) is 0 Å². The highest BCUT2D eigenvalue weighted by molar-refractivity contribution is 5.98. The second-order valence-electron chi connectivity index (χ2n) is 5.28. The molecule has 0 radical (unpaired) electrons. The number of carbonyl (C=O) groups excluding carboxylic acids is 2. The highest BCUT2D eigenvalue weighted by Crippen LogP contribution is 2.29. The van der Waals surface area contributed by atoms with Crippen LogP contribution in [0.25, 0.3) is 0 Å². The van der Waals surface area contributed by atoms with Gasteiger partial charge in [-0.1, -0.05) is 19.3 Å². The van der Waals surface area contributed by atoms with Crippen LogP contribution in [-0.4, -0.2) is 24.5 Å². The molecule has 0 aromatic heterocycles. The quantitative estimate of drug-likeness (QED) is 0.864. The Morgan fingerprint density at radius 3 is 2.33 bits per heavy atom. The van der Waals surface area contributed by atoms with Gasteiger partial charge in [0.25, 0.3) is 5.91 Å². The van der Waals surface area contributed by atoms with Crippen molar-refractivity contribution in [3.8, 4) is 6.07 Å². The topological polar surface area (TPSA) is 79.2 Å². The Balaban J connectivity index is 2.17. The Morgan fingerprint density at radius 2 is 1.81 bits per heavy atom. The van der Waals surface area contributed by atoms with Gasteiger partial charge in [0.05, 0.1) is 18.7 Å². The molecular weight excluding hydrogens is 268 g/mol. The van der Waals surface area contributed by atoms with Gasteiger partial charge in [-0.25, -0.2) is 4.79 Å². The molecule has 1 N–H and O–H groups in total. The van der Waals surface area contributed by atoms with E-state index in [0.717, 1.165) is 19.3 Å². The van der Waals surface area contributed by atoms with E-state index in [1.165, 1.54) is 7.11 Å². The number of amides is 1. The van der Waals surface area contributed by atoms with Gasteiger partial charge in [0.2, 0.25) is 0 Å². The predicted molar refractivity (Wildman–Crippen MR) is 76.5 cm³/mol. The van der Waals surface area contributed by atoms with E-state index < -0.39 is 5.54 Å². The van der Waals surface area contributed by atoms with E-state index in [0.29, 0.717) is 24.0 Å². The first-order valence-electron chi connectivity index (χ1n) is 7.02. The van der Waals surface area contributed by atoms with Crippen LogP contribution in [0.4, 0.5) is 0 Å². The fourth-order valence-electron chi connectivity index (χ4n) is 2.72. The van der Waals surface area contributed by atoms with Crippen molar-refractivity contribution in [3.63, 3.8) is 0 Å². The van der Waals surface area contributed by atoms with Crippen molar-refractivity contribution in [2.45, 2.75) is 37.6 Å².